The molecule has 0 bridgehead atoms. The average molecular weight is 371 g/mol. The van der Waals surface area contributed by atoms with Crippen LogP contribution in [0.1, 0.15) is 6.92 Å². The summed E-state index contributed by atoms with van der Waals surface area (Å²) in [4.78, 5) is 17.0. The van der Waals surface area contributed by atoms with E-state index >= 15 is 0 Å². The van der Waals surface area contributed by atoms with Crippen molar-refractivity contribution in [3.8, 4) is 11.4 Å². The van der Waals surface area contributed by atoms with Gasteiger partial charge in [-0.1, -0.05) is 19.1 Å². The molecule has 1 saturated heterocycles. The van der Waals surface area contributed by atoms with Gasteiger partial charge in [0.05, 0.1) is 11.0 Å². The molecule has 136 valence electrons. The monoisotopic (exact) mass is 370 g/mol. The molecule has 1 atom stereocenters. The number of para-hydroxylation sites is 2. The van der Waals surface area contributed by atoms with Crippen LogP contribution in [0.4, 0.5) is 5.69 Å². The van der Waals surface area contributed by atoms with Crippen LogP contribution in [0.5, 0.6) is 0 Å². The molecule has 5 nitrogen and oxygen atoms in total. The molecule has 0 aliphatic carbocycles. The lowest BCUT2D eigenvalue weighted by Gasteiger charge is -2.31. The van der Waals surface area contributed by atoms with E-state index in [1.54, 1.807) is 0 Å². The standard InChI is InChI=1S/C20H22N4O.ClH/c1-13(15-11-21-12-15)20(25)22-16-9-7-14(8-10-16)19-23-17-5-3-4-6-18(17)24(19)2;/h3-10,13,15,21H,11-12H2,1-2H3,(H,22,25);1H. The third kappa shape index (κ3) is 3.32. The third-order valence-corrected chi connectivity index (χ3v) is 5.13. The van der Waals surface area contributed by atoms with Gasteiger partial charge in [-0.3, -0.25) is 4.79 Å². The number of carbonyl (C=O) groups excluding carboxylic acids is 1. The number of anilines is 1. The van der Waals surface area contributed by atoms with Crippen molar-refractivity contribution in [2.75, 3.05) is 18.4 Å². The summed E-state index contributed by atoms with van der Waals surface area (Å²) in [5.74, 6) is 1.48. The molecule has 1 unspecified atom stereocenters. The Balaban J connectivity index is 0.00000196. The zero-order chi connectivity index (χ0) is 17.4. The maximum atomic E-state index is 12.3. The van der Waals surface area contributed by atoms with E-state index in [2.05, 4.69) is 21.3 Å². The predicted octanol–water partition coefficient (Wildman–Crippen LogP) is 3.46. The highest BCUT2D eigenvalue weighted by Gasteiger charge is 2.28. The Bertz CT molecular complexity index is 915. The molecule has 3 aromatic rings. The molecule has 1 aromatic heterocycles. The highest BCUT2D eigenvalue weighted by molar-refractivity contribution is 5.93. The van der Waals surface area contributed by atoms with Gasteiger partial charge in [-0.15, -0.1) is 12.4 Å². The number of halogens is 1. The summed E-state index contributed by atoms with van der Waals surface area (Å²) >= 11 is 0. The van der Waals surface area contributed by atoms with E-state index in [0.29, 0.717) is 5.92 Å². The molecule has 1 aliphatic heterocycles. The molecule has 0 radical (unpaired) electrons. The SMILES string of the molecule is CC(C(=O)Nc1ccc(-c2nc3ccccc3n2C)cc1)C1CNC1.Cl. The maximum absolute atomic E-state index is 12.3. The van der Waals surface area contributed by atoms with E-state index in [4.69, 9.17) is 4.98 Å². The van der Waals surface area contributed by atoms with Crippen LogP contribution in [-0.4, -0.2) is 28.5 Å². The lowest BCUT2D eigenvalue weighted by atomic mass is 9.88. The van der Waals surface area contributed by atoms with Gasteiger partial charge in [-0.05, 0) is 55.4 Å². The van der Waals surface area contributed by atoms with Gasteiger partial charge in [0.2, 0.25) is 5.91 Å². The number of carbonyl (C=O) groups is 1. The van der Waals surface area contributed by atoms with E-state index in [1.165, 1.54) is 0 Å². The highest BCUT2D eigenvalue weighted by atomic mass is 35.5. The van der Waals surface area contributed by atoms with Crippen molar-refractivity contribution in [2.24, 2.45) is 18.9 Å². The Hall–Kier alpha value is -2.37. The minimum atomic E-state index is 0. The van der Waals surface area contributed by atoms with E-state index in [1.807, 2.05) is 56.4 Å². The molecule has 26 heavy (non-hydrogen) atoms. The van der Waals surface area contributed by atoms with E-state index < -0.39 is 0 Å². The topological polar surface area (TPSA) is 59.0 Å². The molecule has 6 heteroatoms. The number of amides is 1. The van der Waals surface area contributed by atoms with Crippen molar-refractivity contribution < 1.29 is 4.79 Å². The van der Waals surface area contributed by atoms with Gasteiger partial charge in [0.25, 0.3) is 0 Å². The van der Waals surface area contributed by atoms with Crippen molar-refractivity contribution in [1.82, 2.24) is 14.9 Å². The smallest absolute Gasteiger partial charge is 0.227 e. The van der Waals surface area contributed by atoms with Crippen molar-refractivity contribution in [2.45, 2.75) is 6.92 Å². The number of benzene rings is 2. The number of imidazole rings is 1. The zero-order valence-electron chi connectivity index (χ0n) is 14.9. The van der Waals surface area contributed by atoms with Crippen LogP contribution in [0, 0.1) is 11.8 Å². The fraction of sp³-hybridized carbons (Fsp3) is 0.300. The van der Waals surface area contributed by atoms with Gasteiger partial charge in [0.1, 0.15) is 5.82 Å². The largest absolute Gasteiger partial charge is 0.327 e. The summed E-state index contributed by atoms with van der Waals surface area (Å²) in [6, 6.07) is 16.0. The highest BCUT2D eigenvalue weighted by Crippen LogP contribution is 2.25. The first-order valence-electron chi connectivity index (χ1n) is 8.67. The van der Waals surface area contributed by atoms with Crippen LogP contribution in [0.15, 0.2) is 48.5 Å². The summed E-state index contributed by atoms with van der Waals surface area (Å²) in [5, 5.41) is 6.23. The second-order valence-corrected chi connectivity index (χ2v) is 6.76. The molecule has 2 N–H and O–H groups in total. The van der Waals surface area contributed by atoms with Crippen molar-refractivity contribution >= 4 is 35.0 Å². The number of hydrogen-bond acceptors (Lipinski definition) is 3. The first kappa shape index (κ1) is 18.4. The second-order valence-electron chi connectivity index (χ2n) is 6.76. The van der Waals surface area contributed by atoms with Gasteiger partial charge < -0.3 is 15.2 Å². The molecule has 1 amide bonds. The van der Waals surface area contributed by atoms with Crippen molar-refractivity contribution in [3.05, 3.63) is 48.5 Å². The van der Waals surface area contributed by atoms with Crippen LogP contribution in [0.3, 0.4) is 0 Å². The minimum Gasteiger partial charge on any atom is -0.327 e. The van der Waals surface area contributed by atoms with E-state index in [0.717, 1.165) is 41.2 Å². The summed E-state index contributed by atoms with van der Waals surface area (Å²) in [6.45, 7) is 3.86. The van der Waals surface area contributed by atoms with E-state index in [9.17, 15) is 4.79 Å². The second kappa shape index (κ2) is 7.48. The van der Waals surface area contributed by atoms with Crippen LogP contribution < -0.4 is 10.6 Å². The van der Waals surface area contributed by atoms with Gasteiger partial charge in [-0.2, -0.15) is 0 Å². The lowest BCUT2D eigenvalue weighted by molar-refractivity contribution is -0.121. The summed E-state index contributed by atoms with van der Waals surface area (Å²) < 4.78 is 2.09. The summed E-state index contributed by atoms with van der Waals surface area (Å²) in [7, 11) is 2.02. The summed E-state index contributed by atoms with van der Waals surface area (Å²) in [5.41, 5.74) is 3.96. The fourth-order valence-corrected chi connectivity index (χ4v) is 3.24. The predicted molar refractivity (Wildman–Crippen MR) is 108 cm³/mol. The number of nitrogens with one attached hydrogen (secondary N) is 2. The molecule has 0 saturated carbocycles. The molecule has 2 aromatic carbocycles. The Kier molecular flexibility index (Phi) is 5.30. The number of fused-ring (bicyclic) bond motifs is 1. The van der Waals surface area contributed by atoms with Crippen molar-refractivity contribution in [3.63, 3.8) is 0 Å². The maximum Gasteiger partial charge on any atom is 0.227 e. The van der Waals surface area contributed by atoms with Crippen molar-refractivity contribution in [1.29, 1.82) is 0 Å². The number of nitrogens with zero attached hydrogens (tertiary/aromatic N) is 2. The minimum absolute atomic E-state index is 0. The van der Waals surface area contributed by atoms with E-state index in [-0.39, 0.29) is 24.2 Å². The lowest BCUT2D eigenvalue weighted by Crippen LogP contribution is -2.48. The normalized spacial score (nSPS) is 15.2. The van der Waals surface area contributed by atoms with Gasteiger partial charge in [-0.25, -0.2) is 4.98 Å². The van der Waals surface area contributed by atoms with Crippen LogP contribution >= 0.6 is 12.4 Å². The third-order valence-electron chi connectivity index (χ3n) is 5.13. The molecule has 1 aliphatic rings. The average Bonchev–Trinajstić information content (AvgIpc) is 2.91. The van der Waals surface area contributed by atoms with Crippen LogP contribution in [0.2, 0.25) is 0 Å². The summed E-state index contributed by atoms with van der Waals surface area (Å²) in [6.07, 6.45) is 0. The quantitative estimate of drug-likeness (QED) is 0.739. The molecular weight excluding hydrogens is 348 g/mol. The Morgan fingerprint density at radius 1 is 1.19 bits per heavy atom. The molecule has 2 heterocycles. The Morgan fingerprint density at radius 2 is 1.88 bits per heavy atom. The van der Waals surface area contributed by atoms with Gasteiger partial charge in [0.15, 0.2) is 0 Å². The molecule has 0 spiro atoms. The number of rotatable bonds is 4. The Morgan fingerprint density at radius 3 is 2.50 bits per heavy atom. The molecular formula is C20H23ClN4O. The zero-order valence-corrected chi connectivity index (χ0v) is 15.7. The van der Waals surface area contributed by atoms with Gasteiger partial charge in [0, 0.05) is 24.2 Å². The van der Waals surface area contributed by atoms with Gasteiger partial charge >= 0.3 is 0 Å². The number of aromatic nitrogens is 2. The first-order chi connectivity index (χ1) is 12.1. The molecule has 1 fully saturated rings. The first-order valence-corrected chi connectivity index (χ1v) is 8.67. The molecule has 4 rings (SSSR count). The fourth-order valence-electron chi connectivity index (χ4n) is 3.24. The Labute approximate surface area is 159 Å². The number of hydrogen-bond donors (Lipinski definition) is 2. The number of aryl methyl sites for hydroxylation is 1. The van der Waals surface area contributed by atoms with Crippen LogP contribution in [-0.2, 0) is 11.8 Å². The van der Waals surface area contributed by atoms with Crippen LogP contribution in [0.25, 0.3) is 22.4 Å².